The Hall–Kier alpha value is -3.85. The van der Waals surface area contributed by atoms with Crippen molar-refractivity contribution in [3.8, 4) is 0 Å². The van der Waals surface area contributed by atoms with E-state index in [9.17, 15) is 35.9 Å². The summed E-state index contributed by atoms with van der Waals surface area (Å²) in [5.41, 5.74) is -2.03. The van der Waals surface area contributed by atoms with Gasteiger partial charge in [-0.25, -0.2) is 0 Å². The van der Waals surface area contributed by atoms with Crippen LogP contribution in [0.1, 0.15) is 22.3 Å². The average molecular weight is 597 g/mol. The third kappa shape index (κ3) is 6.10. The topological polar surface area (TPSA) is 91.6 Å². The summed E-state index contributed by atoms with van der Waals surface area (Å²) < 4.78 is 81.1. The Bertz CT molecular complexity index is 1580. The van der Waals surface area contributed by atoms with Crippen LogP contribution >= 0.6 is 11.8 Å². The largest absolute Gasteiger partial charge is 0.416 e. The number of fused-ring (bicyclic) bond motifs is 1. The van der Waals surface area contributed by atoms with Crippen molar-refractivity contribution in [1.82, 2.24) is 25.3 Å². The van der Waals surface area contributed by atoms with Gasteiger partial charge in [0.25, 0.3) is 5.91 Å². The van der Waals surface area contributed by atoms with Crippen molar-refractivity contribution in [1.29, 1.82) is 0 Å². The summed E-state index contributed by atoms with van der Waals surface area (Å²) in [4.78, 5) is 31.0. The van der Waals surface area contributed by atoms with Crippen molar-refractivity contribution >= 4 is 45.7 Å². The lowest BCUT2D eigenvalue weighted by Crippen LogP contribution is -2.57. The van der Waals surface area contributed by atoms with Gasteiger partial charge in [0.15, 0.2) is 5.17 Å². The number of amidine groups is 1. The Morgan fingerprint density at radius 2 is 1.93 bits per heavy atom. The fraction of sp³-hybridized carbons (Fsp3) is 0.308. The van der Waals surface area contributed by atoms with Crippen LogP contribution < -0.4 is 10.6 Å². The molecule has 2 aromatic carbocycles. The average Bonchev–Trinajstić information content (AvgIpc) is 3.49. The Balaban J connectivity index is 1.35. The van der Waals surface area contributed by atoms with E-state index in [1.165, 1.54) is 22.6 Å². The molecule has 0 bridgehead atoms. The van der Waals surface area contributed by atoms with Crippen LogP contribution in [0.15, 0.2) is 52.5 Å². The first-order valence-corrected chi connectivity index (χ1v) is 13.1. The molecule has 2 amide bonds. The van der Waals surface area contributed by atoms with Gasteiger partial charge in [-0.05, 0) is 53.2 Å². The molecule has 5 rings (SSSR count). The molecule has 1 atom stereocenters. The van der Waals surface area contributed by atoms with E-state index in [4.69, 9.17) is 0 Å². The SMILES string of the molecule is CNC(=O)C1CN(C2=NC(=O)C(=Cc3ccc4c(cnn4Cc4ccc(C(F)(F)F)cc4C(F)(F)F)c3)S2)CCN1. The second kappa shape index (κ2) is 10.9. The lowest BCUT2D eigenvalue weighted by atomic mass is 10.0. The number of likely N-dealkylation sites (N-methyl/N-ethyl adjacent to an activating group) is 1. The van der Waals surface area contributed by atoms with E-state index < -0.39 is 42.0 Å². The summed E-state index contributed by atoms with van der Waals surface area (Å²) in [6, 6.07) is 6.07. The Morgan fingerprint density at radius 3 is 2.63 bits per heavy atom. The zero-order valence-electron chi connectivity index (χ0n) is 21.3. The van der Waals surface area contributed by atoms with Crippen LogP contribution in [-0.2, 0) is 28.5 Å². The Kier molecular flexibility index (Phi) is 7.59. The smallest absolute Gasteiger partial charge is 0.358 e. The van der Waals surface area contributed by atoms with Crippen molar-refractivity contribution in [2.45, 2.75) is 24.9 Å². The highest BCUT2D eigenvalue weighted by Crippen LogP contribution is 2.38. The van der Waals surface area contributed by atoms with Crippen LogP contribution in [0.2, 0.25) is 0 Å². The first-order chi connectivity index (χ1) is 19.3. The van der Waals surface area contributed by atoms with Gasteiger partial charge in [-0.3, -0.25) is 14.3 Å². The molecule has 0 radical (unpaired) electrons. The van der Waals surface area contributed by atoms with Crippen LogP contribution in [0.25, 0.3) is 17.0 Å². The minimum absolute atomic E-state index is 0.108. The number of halogens is 6. The maximum absolute atomic E-state index is 13.6. The van der Waals surface area contributed by atoms with Crippen LogP contribution in [0.3, 0.4) is 0 Å². The molecule has 0 aliphatic carbocycles. The summed E-state index contributed by atoms with van der Waals surface area (Å²) >= 11 is 1.18. The highest BCUT2D eigenvalue weighted by atomic mass is 32.2. The van der Waals surface area contributed by atoms with E-state index in [-0.39, 0.29) is 17.5 Å². The van der Waals surface area contributed by atoms with Gasteiger partial charge in [0.2, 0.25) is 5.91 Å². The van der Waals surface area contributed by atoms with E-state index in [0.717, 1.165) is 6.07 Å². The predicted molar refractivity (Wildman–Crippen MR) is 141 cm³/mol. The predicted octanol–water partition coefficient (Wildman–Crippen LogP) is 4.11. The minimum Gasteiger partial charge on any atom is -0.358 e. The lowest BCUT2D eigenvalue weighted by Gasteiger charge is -2.33. The highest BCUT2D eigenvalue weighted by molar-refractivity contribution is 8.18. The van der Waals surface area contributed by atoms with Crippen LogP contribution in [0, 0.1) is 0 Å². The van der Waals surface area contributed by atoms with E-state index in [0.29, 0.717) is 52.2 Å². The Labute approximate surface area is 233 Å². The number of aliphatic imine (C=N–C) groups is 1. The summed E-state index contributed by atoms with van der Waals surface area (Å²) in [5.74, 6) is -0.597. The van der Waals surface area contributed by atoms with Gasteiger partial charge in [0, 0.05) is 32.1 Å². The quantitative estimate of drug-likeness (QED) is 0.348. The van der Waals surface area contributed by atoms with E-state index >= 15 is 0 Å². The highest BCUT2D eigenvalue weighted by Gasteiger charge is 2.38. The number of rotatable bonds is 4. The van der Waals surface area contributed by atoms with Gasteiger partial charge < -0.3 is 15.5 Å². The van der Waals surface area contributed by atoms with E-state index in [2.05, 4.69) is 20.7 Å². The molecule has 41 heavy (non-hydrogen) atoms. The molecule has 1 unspecified atom stereocenters. The van der Waals surface area contributed by atoms with Crippen LogP contribution in [0.4, 0.5) is 26.3 Å². The number of carbonyl (C=O) groups is 2. The van der Waals surface area contributed by atoms with Gasteiger partial charge in [0.1, 0.15) is 6.04 Å². The number of benzene rings is 2. The first kappa shape index (κ1) is 28.7. The molecule has 3 aromatic rings. The number of nitrogens with one attached hydrogen (secondary N) is 2. The van der Waals surface area contributed by atoms with Crippen molar-refractivity contribution in [2.24, 2.45) is 4.99 Å². The minimum atomic E-state index is -4.99. The monoisotopic (exact) mass is 596 g/mol. The van der Waals surface area contributed by atoms with Gasteiger partial charge in [0.05, 0.1) is 34.3 Å². The zero-order chi connectivity index (χ0) is 29.5. The summed E-state index contributed by atoms with van der Waals surface area (Å²) in [7, 11) is 1.55. The van der Waals surface area contributed by atoms with Crippen LogP contribution in [0.5, 0.6) is 0 Å². The second-order valence-electron chi connectivity index (χ2n) is 9.37. The number of carbonyl (C=O) groups excluding carboxylic acids is 2. The first-order valence-electron chi connectivity index (χ1n) is 12.3. The normalized spacial score (nSPS) is 19.2. The molecule has 2 aliphatic rings. The second-order valence-corrected chi connectivity index (χ2v) is 10.4. The molecular formula is C26H22F6N6O2S. The molecule has 1 aromatic heterocycles. The summed E-state index contributed by atoms with van der Waals surface area (Å²) in [6.07, 6.45) is -6.83. The lowest BCUT2D eigenvalue weighted by molar-refractivity contribution is -0.143. The molecule has 1 fully saturated rings. The van der Waals surface area contributed by atoms with Gasteiger partial charge in [-0.15, -0.1) is 0 Å². The maximum atomic E-state index is 13.6. The van der Waals surface area contributed by atoms with Crippen molar-refractivity contribution < 1.29 is 35.9 Å². The molecular weight excluding hydrogens is 574 g/mol. The number of piperazine rings is 1. The number of thioether (sulfide) groups is 1. The fourth-order valence-corrected chi connectivity index (χ4v) is 5.54. The molecule has 8 nitrogen and oxygen atoms in total. The van der Waals surface area contributed by atoms with Gasteiger partial charge in [-0.1, -0.05) is 12.1 Å². The molecule has 15 heteroatoms. The molecule has 1 saturated heterocycles. The number of amides is 2. The summed E-state index contributed by atoms with van der Waals surface area (Å²) in [5, 5.41) is 10.9. The van der Waals surface area contributed by atoms with E-state index in [1.807, 2.05) is 4.90 Å². The summed E-state index contributed by atoms with van der Waals surface area (Å²) in [6.45, 7) is 1.07. The molecule has 216 valence electrons. The third-order valence-electron chi connectivity index (χ3n) is 6.64. The van der Waals surface area contributed by atoms with Crippen molar-refractivity contribution in [3.05, 3.63) is 69.8 Å². The fourth-order valence-electron chi connectivity index (χ4n) is 4.60. The number of nitrogens with zero attached hydrogens (tertiary/aromatic N) is 4. The van der Waals surface area contributed by atoms with Gasteiger partial charge in [-0.2, -0.15) is 36.4 Å². The molecule has 0 spiro atoms. The zero-order valence-corrected chi connectivity index (χ0v) is 22.1. The number of aromatic nitrogens is 2. The van der Waals surface area contributed by atoms with Crippen LogP contribution in [-0.4, -0.2) is 64.4 Å². The maximum Gasteiger partial charge on any atom is 0.416 e. The van der Waals surface area contributed by atoms with Gasteiger partial charge >= 0.3 is 12.4 Å². The standard InChI is InChI=1S/C26H22F6N6O2S/c1-33-22(39)19-13-37(7-6-34-19)24-36-23(40)21(41-24)9-14-2-5-20-16(8-14)11-35-38(20)12-15-3-4-17(25(27,28)29)10-18(15)26(30,31)32/h2-5,8-11,19,34H,6-7,12-13H2,1H3,(H,33,39). The third-order valence-corrected chi connectivity index (χ3v) is 7.69. The van der Waals surface area contributed by atoms with Crippen molar-refractivity contribution in [3.63, 3.8) is 0 Å². The molecule has 3 heterocycles. The van der Waals surface area contributed by atoms with Crippen molar-refractivity contribution in [2.75, 3.05) is 26.7 Å². The molecule has 0 saturated carbocycles. The number of alkyl halides is 6. The number of hydrogen-bond acceptors (Lipinski definition) is 6. The molecule has 2 N–H and O–H groups in total. The Morgan fingerprint density at radius 1 is 1.15 bits per heavy atom. The van der Waals surface area contributed by atoms with E-state index in [1.54, 1.807) is 31.3 Å². The number of hydrogen-bond donors (Lipinski definition) is 2. The molecule has 2 aliphatic heterocycles.